The quantitative estimate of drug-likeness (QED) is 0.599. The van der Waals surface area contributed by atoms with E-state index in [1.807, 2.05) is 24.3 Å². The summed E-state index contributed by atoms with van der Waals surface area (Å²) in [6.45, 7) is 1.37. The van der Waals surface area contributed by atoms with Gasteiger partial charge in [0.05, 0.1) is 4.47 Å². The number of rotatable bonds is 3. The van der Waals surface area contributed by atoms with E-state index in [-0.39, 0.29) is 28.8 Å². The van der Waals surface area contributed by atoms with Crippen LogP contribution in [0.3, 0.4) is 0 Å². The van der Waals surface area contributed by atoms with E-state index in [1.165, 1.54) is 16.6 Å². The highest BCUT2D eigenvalue weighted by Crippen LogP contribution is 2.29. The standard InChI is InChI=1S/C19H19BrClN3O4S/c20-17-9-16(10-22-18(17)21)29(26,27)23-7-5-15(6-8-23)24-11-13-3-1-2-4-14(13)12-28-19(24)25/h1-4,9-10,15H,5-8,11-12H2. The van der Waals surface area contributed by atoms with E-state index in [9.17, 15) is 13.2 Å². The molecule has 0 atom stereocenters. The molecule has 4 rings (SSSR count). The lowest BCUT2D eigenvalue weighted by molar-refractivity contribution is 0.0720. The van der Waals surface area contributed by atoms with Crippen LogP contribution >= 0.6 is 27.5 Å². The van der Waals surface area contributed by atoms with E-state index in [4.69, 9.17) is 16.3 Å². The highest BCUT2D eigenvalue weighted by Gasteiger charge is 2.35. The zero-order valence-electron chi connectivity index (χ0n) is 15.4. The molecule has 2 aromatic rings. The van der Waals surface area contributed by atoms with Crippen LogP contribution in [0.1, 0.15) is 24.0 Å². The van der Waals surface area contributed by atoms with E-state index in [0.717, 1.165) is 11.1 Å². The van der Waals surface area contributed by atoms with Gasteiger partial charge in [-0.1, -0.05) is 35.9 Å². The van der Waals surface area contributed by atoms with Gasteiger partial charge in [0.1, 0.15) is 16.7 Å². The number of piperidine rings is 1. The first-order chi connectivity index (χ1) is 13.9. The predicted octanol–water partition coefficient (Wildman–Crippen LogP) is 3.80. The molecule has 1 fully saturated rings. The van der Waals surface area contributed by atoms with Gasteiger partial charge in [-0.05, 0) is 46.0 Å². The number of carbonyl (C=O) groups is 1. The number of hydrogen-bond donors (Lipinski definition) is 0. The number of cyclic esters (lactones) is 1. The Bertz CT molecular complexity index is 1040. The second-order valence-electron chi connectivity index (χ2n) is 7.03. The molecule has 0 unspecified atom stereocenters. The molecule has 0 N–H and O–H groups in total. The molecular weight excluding hydrogens is 482 g/mol. The highest BCUT2D eigenvalue weighted by molar-refractivity contribution is 9.10. The van der Waals surface area contributed by atoms with E-state index >= 15 is 0 Å². The van der Waals surface area contributed by atoms with Gasteiger partial charge in [-0.2, -0.15) is 4.31 Å². The lowest BCUT2D eigenvalue weighted by atomic mass is 10.0. The summed E-state index contributed by atoms with van der Waals surface area (Å²) in [6.07, 6.45) is 1.99. The van der Waals surface area contributed by atoms with Crippen LogP contribution in [-0.4, -0.2) is 47.8 Å². The van der Waals surface area contributed by atoms with Gasteiger partial charge in [-0.3, -0.25) is 0 Å². The van der Waals surface area contributed by atoms with E-state index in [0.29, 0.717) is 36.9 Å². The maximum atomic E-state index is 12.9. The van der Waals surface area contributed by atoms with E-state index in [1.54, 1.807) is 4.90 Å². The number of pyridine rings is 1. The Kier molecular flexibility index (Phi) is 5.83. The van der Waals surface area contributed by atoms with Crippen LogP contribution in [0, 0.1) is 0 Å². The second-order valence-corrected chi connectivity index (χ2v) is 10.2. The molecule has 0 aliphatic carbocycles. The van der Waals surface area contributed by atoms with Crippen LogP contribution in [-0.2, 0) is 27.9 Å². The summed E-state index contributed by atoms with van der Waals surface area (Å²) in [6, 6.07) is 9.21. The summed E-state index contributed by atoms with van der Waals surface area (Å²) < 4.78 is 33.1. The van der Waals surface area contributed by atoms with Gasteiger partial charge in [-0.15, -0.1) is 0 Å². The molecule has 1 amide bonds. The molecule has 1 aromatic heterocycles. The zero-order chi connectivity index (χ0) is 20.6. The lowest BCUT2D eigenvalue weighted by Crippen LogP contribution is -2.48. The number of ether oxygens (including phenoxy) is 1. The molecule has 0 radical (unpaired) electrons. The topological polar surface area (TPSA) is 79.8 Å². The third kappa shape index (κ3) is 4.14. The number of carbonyl (C=O) groups excluding carboxylic acids is 1. The fourth-order valence-corrected chi connectivity index (χ4v) is 5.74. The fraction of sp³-hybridized carbons (Fsp3) is 0.368. The number of amides is 1. The van der Waals surface area contributed by atoms with Crippen LogP contribution < -0.4 is 0 Å². The number of hydrogen-bond acceptors (Lipinski definition) is 5. The number of aromatic nitrogens is 1. The molecular formula is C19H19BrClN3O4S. The van der Waals surface area contributed by atoms with Gasteiger partial charge in [-0.25, -0.2) is 18.2 Å². The minimum Gasteiger partial charge on any atom is -0.445 e. The van der Waals surface area contributed by atoms with Crippen molar-refractivity contribution >= 4 is 43.6 Å². The molecule has 0 spiro atoms. The third-order valence-electron chi connectivity index (χ3n) is 5.32. The van der Waals surface area contributed by atoms with Crippen molar-refractivity contribution in [2.45, 2.75) is 36.9 Å². The molecule has 10 heteroatoms. The molecule has 1 saturated heterocycles. The Labute approximate surface area is 182 Å². The summed E-state index contributed by atoms with van der Waals surface area (Å²) in [5, 5.41) is 0.211. The number of halogens is 2. The first-order valence-corrected chi connectivity index (χ1v) is 11.8. The maximum absolute atomic E-state index is 12.9. The fourth-order valence-electron chi connectivity index (χ4n) is 3.69. The number of sulfonamides is 1. The molecule has 0 saturated carbocycles. The average Bonchev–Trinajstić information content (AvgIpc) is 2.89. The van der Waals surface area contributed by atoms with Crippen molar-refractivity contribution in [3.8, 4) is 0 Å². The largest absolute Gasteiger partial charge is 0.445 e. The van der Waals surface area contributed by atoms with Crippen molar-refractivity contribution < 1.29 is 17.9 Å². The Balaban J connectivity index is 1.47. The van der Waals surface area contributed by atoms with Crippen LogP contribution in [0.25, 0.3) is 0 Å². The molecule has 154 valence electrons. The molecule has 2 aliphatic rings. The Hall–Kier alpha value is -1.68. The lowest BCUT2D eigenvalue weighted by Gasteiger charge is -2.36. The van der Waals surface area contributed by atoms with Crippen molar-refractivity contribution in [1.82, 2.24) is 14.2 Å². The summed E-state index contributed by atoms with van der Waals surface area (Å²) in [7, 11) is -3.68. The van der Waals surface area contributed by atoms with Gasteiger partial charge in [0.15, 0.2) is 0 Å². The SMILES string of the molecule is O=C1OCc2ccccc2CN1C1CCN(S(=O)(=O)c2cnc(Cl)c(Br)c2)CC1. The molecule has 2 aliphatic heterocycles. The zero-order valence-corrected chi connectivity index (χ0v) is 18.6. The molecule has 0 bridgehead atoms. The first kappa shape index (κ1) is 20.6. The van der Waals surface area contributed by atoms with Crippen molar-refractivity contribution in [2.75, 3.05) is 13.1 Å². The first-order valence-electron chi connectivity index (χ1n) is 9.17. The van der Waals surface area contributed by atoms with Crippen molar-refractivity contribution in [2.24, 2.45) is 0 Å². The van der Waals surface area contributed by atoms with Crippen molar-refractivity contribution in [3.05, 3.63) is 57.3 Å². The van der Waals surface area contributed by atoms with Gasteiger partial charge >= 0.3 is 6.09 Å². The van der Waals surface area contributed by atoms with Gasteiger partial charge < -0.3 is 9.64 Å². The number of nitrogens with zero attached hydrogens (tertiary/aromatic N) is 3. The second kappa shape index (κ2) is 8.22. The van der Waals surface area contributed by atoms with Gasteiger partial charge in [0.25, 0.3) is 0 Å². The normalized spacial score (nSPS) is 18.8. The summed E-state index contributed by atoms with van der Waals surface area (Å²) in [5.74, 6) is 0. The summed E-state index contributed by atoms with van der Waals surface area (Å²) >= 11 is 9.08. The van der Waals surface area contributed by atoms with Gasteiger partial charge in [0.2, 0.25) is 10.0 Å². The van der Waals surface area contributed by atoms with Crippen LogP contribution in [0.4, 0.5) is 4.79 Å². The maximum Gasteiger partial charge on any atom is 0.410 e. The number of fused-ring (bicyclic) bond motifs is 1. The molecule has 1 aromatic carbocycles. The molecule has 29 heavy (non-hydrogen) atoms. The van der Waals surface area contributed by atoms with E-state index < -0.39 is 10.0 Å². The summed E-state index contributed by atoms with van der Waals surface area (Å²) in [4.78, 5) is 18.2. The monoisotopic (exact) mass is 499 g/mol. The van der Waals surface area contributed by atoms with Crippen LogP contribution in [0.15, 0.2) is 45.9 Å². The third-order valence-corrected chi connectivity index (χ3v) is 8.32. The van der Waals surface area contributed by atoms with Crippen molar-refractivity contribution in [1.29, 1.82) is 0 Å². The van der Waals surface area contributed by atoms with Crippen LogP contribution in [0.5, 0.6) is 0 Å². The highest BCUT2D eigenvalue weighted by atomic mass is 79.9. The number of benzene rings is 1. The minimum atomic E-state index is -3.68. The minimum absolute atomic E-state index is 0.0739. The Morgan fingerprint density at radius 3 is 2.55 bits per heavy atom. The van der Waals surface area contributed by atoms with Crippen molar-refractivity contribution in [3.63, 3.8) is 0 Å². The average molecular weight is 501 g/mol. The van der Waals surface area contributed by atoms with Crippen LogP contribution in [0.2, 0.25) is 5.15 Å². The van der Waals surface area contributed by atoms with E-state index in [2.05, 4.69) is 20.9 Å². The Morgan fingerprint density at radius 2 is 1.86 bits per heavy atom. The molecule has 7 nitrogen and oxygen atoms in total. The predicted molar refractivity (Wildman–Crippen MR) is 111 cm³/mol. The Morgan fingerprint density at radius 1 is 1.17 bits per heavy atom. The van der Waals surface area contributed by atoms with Gasteiger partial charge in [0, 0.05) is 31.9 Å². The molecule has 3 heterocycles. The summed E-state index contributed by atoms with van der Waals surface area (Å²) in [5.41, 5.74) is 2.06. The smallest absolute Gasteiger partial charge is 0.410 e.